The third-order valence-corrected chi connectivity index (χ3v) is 4.19. The number of sulfonamides is 1. The molecule has 0 atom stereocenters. The highest BCUT2D eigenvalue weighted by Crippen LogP contribution is 2.28. The summed E-state index contributed by atoms with van der Waals surface area (Å²) in [6.45, 7) is 11.2. The molecule has 5 nitrogen and oxygen atoms in total. The predicted molar refractivity (Wildman–Crippen MR) is 77.5 cm³/mol. The third-order valence-electron chi connectivity index (χ3n) is 3.18. The Labute approximate surface area is 117 Å². The van der Waals surface area contributed by atoms with Crippen LogP contribution in [0.3, 0.4) is 0 Å². The molecular formula is C13H29NO4S. The van der Waals surface area contributed by atoms with Gasteiger partial charge in [0.1, 0.15) is 0 Å². The van der Waals surface area contributed by atoms with Gasteiger partial charge in [-0.05, 0) is 33.6 Å². The molecule has 0 aromatic rings. The van der Waals surface area contributed by atoms with Crippen LogP contribution < -0.4 is 5.14 Å². The average molecular weight is 295 g/mol. The Balaban J connectivity index is 4.23. The molecule has 0 unspecified atom stereocenters. The predicted octanol–water partition coefficient (Wildman–Crippen LogP) is 1.91. The van der Waals surface area contributed by atoms with Crippen LogP contribution in [0.5, 0.6) is 0 Å². The Kier molecular flexibility index (Phi) is 7.50. The summed E-state index contributed by atoms with van der Waals surface area (Å²) >= 11 is 0. The fourth-order valence-corrected chi connectivity index (χ4v) is 3.17. The molecule has 0 aliphatic rings. The summed E-state index contributed by atoms with van der Waals surface area (Å²) in [6, 6.07) is 0. The lowest BCUT2D eigenvalue weighted by Crippen LogP contribution is -2.37. The molecule has 0 aromatic carbocycles. The van der Waals surface area contributed by atoms with Crippen molar-refractivity contribution in [3.63, 3.8) is 0 Å². The first-order valence-electron chi connectivity index (χ1n) is 6.76. The molecular weight excluding hydrogens is 266 g/mol. The SMILES string of the molecule is CCC(CC)(COCCOC(C)(C)C)CS(N)(=O)=O. The number of nitrogens with two attached hydrogens (primary N) is 1. The second kappa shape index (κ2) is 7.57. The molecule has 0 aliphatic heterocycles. The summed E-state index contributed by atoms with van der Waals surface area (Å²) in [6.07, 6.45) is 1.44. The van der Waals surface area contributed by atoms with Gasteiger partial charge in [0.25, 0.3) is 0 Å². The van der Waals surface area contributed by atoms with Crippen LogP contribution in [0.25, 0.3) is 0 Å². The van der Waals surface area contributed by atoms with Gasteiger partial charge in [0.2, 0.25) is 10.0 Å². The van der Waals surface area contributed by atoms with Gasteiger partial charge in [0.05, 0.1) is 31.2 Å². The van der Waals surface area contributed by atoms with Crippen LogP contribution in [0, 0.1) is 5.41 Å². The Morgan fingerprint density at radius 2 is 1.58 bits per heavy atom. The first-order chi connectivity index (χ1) is 8.54. The van der Waals surface area contributed by atoms with Gasteiger partial charge in [0.15, 0.2) is 0 Å². The molecule has 6 heteroatoms. The van der Waals surface area contributed by atoms with Crippen molar-refractivity contribution in [2.24, 2.45) is 10.6 Å². The topological polar surface area (TPSA) is 78.6 Å². The van der Waals surface area contributed by atoms with Crippen molar-refractivity contribution in [2.45, 2.75) is 53.1 Å². The lowest BCUT2D eigenvalue weighted by Gasteiger charge is -2.30. The molecule has 0 rings (SSSR count). The highest BCUT2D eigenvalue weighted by molar-refractivity contribution is 7.89. The lowest BCUT2D eigenvalue weighted by atomic mass is 9.85. The van der Waals surface area contributed by atoms with Crippen LogP contribution in [0.4, 0.5) is 0 Å². The summed E-state index contributed by atoms with van der Waals surface area (Å²) in [5.74, 6) is -0.0346. The summed E-state index contributed by atoms with van der Waals surface area (Å²) in [5, 5.41) is 5.15. The lowest BCUT2D eigenvalue weighted by molar-refractivity contribution is -0.0474. The standard InChI is InChI=1S/C13H29NO4S/c1-6-13(7-2,11-19(14,15)16)10-17-8-9-18-12(3,4)5/h6-11H2,1-5H3,(H2,14,15,16). The molecule has 0 heterocycles. The van der Waals surface area contributed by atoms with Crippen LogP contribution in [-0.4, -0.2) is 39.6 Å². The van der Waals surface area contributed by atoms with Crippen molar-refractivity contribution in [1.29, 1.82) is 0 Å². The average Bonchev–Trinajstić information content (AvgIpc) is 2.24. The molecule has 0 saturated heterocycles. The van der Waals surface area contributed by atoms with Crippen LogP contribution in [-0.2, 0) is 19.5 Å². The minimum Gasteiger partial charge on any atom is -0.378 e. The van der Waals surface area contributed by atoms with E-state index < -0.39 is 15.4 Å². The van der Waals surface area contributed by atoms with Crippen LogP contribution in [0.15, 0.2) is 0 Å². The normalized spacial score (nSPS) is 13.8. The van der Waals surface area contributed by atoms with Crippen molar-refractivity contribution < 1.29 is 17.9 Å². The second-order valence-electron chi connectivity index (χ2n) is 6.03. The highest BCUT2D eigenvalue weighted by atomic mass is 32.2. The van der Waals surface area contributed by atoms with Crippen molar-refractivity contribution >= 4 is 10.0 Å². The number of ether oxygens (including phenoxy) is 2. The highest BCUT2D eigenvalue weighted by Gasteiger charge is 2.31. The number of rotatable bonds is 9. The van der Waals surface area contributed by atoms with E-state index >= 15 is 0 Å². The van der Waals surface area contributed by atoms with E-state index in [4.69, 9.17) is 14.6 Å². The minimum absolute atomic E-state index is 0.0346. The van der Waals surface area contributed by atoms with Crippen molar-refractivity contribution in [3.05, 3.63) is 0 Å². The van der Waals surface area contributed by atoms with E-state index in [0.29, 0.717) is 19.8 Å². The molecule has 0 amide bonds. The Morgan fingerprint density at radius 1 is 1.05 bits per heavy atom. The van der Waals surface area contributed by atoms with E-state index in [1.54, 1.807) is 0 Å². The van der Waals surface area contributed by atoms with Crippen LogP contribution >= 0.6 is 0 Å². The second-order valence-corrected chi connectivity index (χ2v) is 7.64. The van der Waals surface area contributed by atoms with Gasteiger partial charge >= 0.3 is 0 Å². The van der Waals surface area contributed by atoms with Gasteiger partial charge < -0.3 is 9.47 Å². The largest absolute Gasteiger partial charge is 0.378 e. The number of hydrogen-bond acceptors (Lipinski definition) is 4. The van der Waals surface area contributed by atoms with E-state index in [0.717, 1.165) is 12.8 Å². The quantitative estimate of drug-likeness (QED) is 0.659. The molecule has 0 spiro atoms. The summed E-state index contributed by atoms with van der Waals surface area (Å²) < 4.78 is 33.7. The van der Waals surface area contributed by atoms with Crippen LogP contribution in [0.1, 0.15) is 47.5 Å². The van der Waals surface area contributed by atoms with Gasteiger partial charge in [-0.15, -0.1) is 0 Å². The Bertz CT molecular complexity index is 342. The van der Waals surface area contributed by atoms with Gasteiger partial charge in [-0.2, -0.15) is 0 Å². The summed E-state index contributed by atoms with van der Waals surface area (Å²) in [5.41, 5.74) is -0.578. The van der Waals surface area contributed by atoms with E-state index in [1.165, 1.54) is 0 Å². The smallest absolute Gasteiger partial charge is 0.209 e. The zero-order valence-corrected chi connectivity index (χ0v) is 13.7. The molecule has 0 radical (unpaired) electrons. The summed E-state index contributed by atoms with van der Waals surface area (Å²) in [7, 11) is -3.48. The molecule has 19 heavy (non-hydrogen) atoms. The van der Waals surface area contributed by atoms with E-state index in [2.05, 4.69) is 0 Å². The zero-order valence-electron chi connectivity index (χ0n) is 12.9. The minimum atomic E-state index is -3.48. The zero-order chi connectivity index (χ0) is 15.2. The van der Waals surface area contributed by atoms with Crippen LogP contribution in [0.2, 0.25) is 0 Å². The maximum Gasteiger partial charge on any atom is 0.209 e. The van der Waals surface area contributed by atoms with E-state index in [-0.39, 0.29) is 11.4 Å². The molecule has 116 valence electrons. The van der Waals surface area contributed by atoms with Gasteiger partial charge in [-0.25, -0.2) is 13.6 Å². The fraction of sp³-hybridized carbons (Fsp3) is 1.00. The maximum absolute atomic E-state index is 11.3. The van der Waals surface area contributed by atoms with Crippen molar-refractivity contribution in [3.8, 4) is 0 Å². The van der Waals surface area contributed by atoms with Gasteiger partial charge in [0, 0.05) is 5.41 Å². The van der Waals surface area contributed by atoms with E-state index in [9.17, 15) is 8.42 Å². The molecule has 0 aromatic heterocycles. The maximum atomic E-state index is 11.3. The molecule has 0 saturated carbocycles. The molecule has 0 aliphatic carbocycles. The third kappa shape index (κ3) is 9.38. The number of hydrogen-bond donors (Lipinski definition) is 1. The number of primary sulfonamides is 1. The molecule has 0 bridgehead atoms. The Morgan fingerprint density at radius 3 is 1.95 bits per heavy atom. The first kappa shape index (κ1) is 18.8. The fourth-order valence-electron chi connectivity index (χ4n) is 1.82. The summed E-state index contributed by atoms with van der Waals surface area (Å²) in [4.78, 5) is 0. The molecule has 2 N–H and O–H groups in total. The van der Waals surface area contributed by atoms with Crippen molar-refractivity contribution in [1.82, 2.24) is 0 Å². The first-order valence-corrected chi connectivity index (χ1v) is 8.47. The van der Waals surface area contributed by atoms with Gasteiger partial charge in [-0.3, -0.25) is 0 Å². The van der Waals surface area contributed by atoms with E-state index in [1.807, 2.05) is 34.6 Å². The Hall–Kier alpha value is -0.170. The van der Waals surface area contributed by atoms with Crippen molar-refractivity contribution in [2.75, 3.05) is 25.6 Å². The monoisotopic (exact) mass is 295 g/mol. The van der Waals surface area contributed by atoms with Gasteiger partial charge in [-0.1, -0.05) is 13.8 Å². The molecule has 0 fully saturated rings.